The van der Waals surface area contributed by atoms with E-state index in [2.05, 4.69) is 21.9 Å². The fraction of sp³-hybridized carbons (Fsp3) is 0.158. The van der Waals surface area contributed by atoms with Crippen LogP contribution in [0.4, 0.5) is 5.69 Å². The van der Waals surface area contributed by atoms with Gasteiger partial charge in [-0.15, -0.1) is 0 Å². The third-order valence-corrected chi connectivity index (χ3v) is 4.52. The number of rotatable bonds is 2. The molecule has 1 amide bonds. The minimum Gasteiger partial charge on any atom is -0.338 e. The fourth-order valence-corrected chi connectivity index (χ4v) is 3.00. The van der Waals surface area contributed by atoms with Crippen molar-refractivity contribution >= 4 is 28.2 Å². The van der Waals surface area contributed by atoms with Crippen molar-refractivity contribution in [2.24, 2.45) is 0 Å². The van der Waals surface area contributed by atoms with Crippen LogP contribution in [0.2, 0.25) is 0 Å². The Bertz CT molecular complexity index is 951. The molecular weight excluding hydrogens is 286 g/mol. The van der Waals surface area contributed by atoms with Crippen LogP contribution in [0, 0.1) is 0 Å². The number of nitrogens with one attached hydrogen (secondary N) is 2. The van der Waals surface area contributed by atoms with Gasteiger partial charge in [0.05, 0.1) is 16.4 Å². The maximum absolute atomic E-state index is 12.1. The number of hydrogen-bond acceptors (Lipinski definition) is 2. The number of H-pyrrole nitrogens is 1. The molecule has 23 heavy (non-hydrogen) atoms. The predicted octanol–water partition coefficient (Wildman–Crippen LogP) is 3.85. The smallest absolute Gasteiger partial charge is 0.234 e. The molecule has 0 bridgehead atoms. The number of anilines is 1. The summed E-state index contributed by atoms with van der Waals surface area (Å²) in [6.45, 7) is 8.00. The van der Waals surface area contributed by atoms with Crippen molar-refractivity contribution in [3.63, 3.8) is 0 Å². The zero-order valence-corrected chi connectivity index (χ0v) is 13.1. The zero-order valence-electron chi connectivity index (χ0n) is 13.1. The summed E-state index contributed by atoms with van der Waals surface area (Å²) in [5.74, 6) is 0.771. The summed E-state index contributed by atoms with van der Waals surface area (Å²) in [4.78, 5) is 20.0. The summed E-state index contributed by atoms with van der Waals surface area (Å²) in [5.41, 5.74) is 4.94. The topological polar surface area (TPSA) is 57.8 Å². The molecule has 4 nitrogen and oxygen atoms in total. The first-order chi connectivity index (χ1) is 11.0. The molecule has 1 aliphatic heterocycles. The van der Waals surface area contributed by atoms with Crippen LogP contribution in [0.3, 0.4) is 0 Å². The molecule has 4 heteroatoms. The standard InChI is InChI=1S/C19H17N3O/c1-11(12-7-5-4-6-8-12)17-20-15-9-13-14(10-16(15)21-17)22-18(23)19(13,2)3/h4-10H,1H2,2-3H3,(H,20,21)(H,22,23). The molecule has 4 rings (SSSR count). The van der Waals surface area contributed by atoms with Crippen LogP contribution in [0.25, 0.3) is 16.6 Å². The third-order valence-electron chi connectivity index (χ3n) is 4.52. The minimum absolute atomic E-state index is 0.0223. The van der Waals surface area contributed by atoms with Crippen LogP contribution in [-0.2, 0) is 10.2 Å². The molecule has 1 aromatic heterocycles. The van der Waals surface area contributed by atoms with Gasteiger partial charge < -0.3 is 10.3 Å². The van der Waals surface area contributed by atoms with Gasteiger partial charge in [0, 0.05) is 11.3 Å². The van der Waals surface area contributed by atoms with Gasteiger partial charge in [-0.2, -0.15) is 0 Å². The highest BCUT2D eigenvalue weighted by Gasteiger charge is 2.38. The van der Waals surface area contributed by atoms with E-state index in [-0.39, 0.29) is 5.91 Å². The molecule has 1 aliphatic rings. The Kier molecular flexibility index (Phi) is 2.73. The highest BCUT2D eigenvalue weighted by atomic mass is 16.2. The molecule has 0 saturated carbocycles. The number of benzene rings is 2. The summed E-state index contributed by atoms with van der Waals surface area (Å²) in [6, 6.07) is 13.9. The van der Waals surface area contributed by atoms with Crippen LogP contribution in [0.15, 0.2) is 49.0 Å². The fourth-order valence-electron chi connectivity index (χ4n) is 3.00. The van der Waals surface area contributed by atoms with Crippen molar-refractivity contribution in [1.82, 2.24) is 9.97 Å². The van der Waals surface area contributed by atoms with E-state index in [9.17, 15) is 4.79 Å². The first-order valence-corrected chi connectivity index (χ1v) is 7.57. The largest absolute Gasteiger partial charge is 0.338 e. The highest BCUT2D eigenvalue weighted by molar-refractivity contribution is 6.07. The van der Waals surface area contributed by atoms with Gasteiger partial charge in [-0.25, -0.2) is 4.98 Å². The third kappa shape index (κ3) is 1.99. The lowest BCUT2D eigenvalue weighted by molar-refractivity contribution is -0.119. The highest BCUT2D eigenvalue weighted by Crippen LogP contribution is 2.39. The molecule has 0 radical (unpaired) electrons. The summed E-state index contributed by atoms with van der Waals surface area (Å²) in [5, 5.41) is 2.94. The van der Waals surface area contributed by atoms with E-state index >= 15 is 0 Å². The van der Waals surface area contributed by atoms with Gasteiger partial charge in [0.15, 0.2) is 0 Å². The van der Waals surface area contributed by atoms with Gasteiger partial charge in [0.2, 0.25) is 5.91 Å². The van der Waals surface area contributed by atoms with Gasteiger partial charge in [0.1, 0.15) is 5.82 Å². The van der Waals surface area contributed by atoms with E-state index in [0.717, 1.165) is 39.2 Å². The number of imidazole rings is 1. The monoisotopic (exact) mass is 303 g/mol. The lowest BCUT2D eigenvalue weighted by Gasteiger charge is -2.14. The molecule has 0 aliphatic carbocycles. The van der Waals surface area contributed by atoms with Crippen molar-refractivity contribution in [2.45, 2.75) is 19.3 Å². The first-order valence-electron chi connectivity index (χ1n) is 7.57. The quantitative estimate of drug-likeness (QED) is 0.755. The van der Waals surface area contributed by atoms with Crippen molar-refractivity contribution in [2.75, 3.05) is 5.32 Å². The van der Waals surface area contributed by atoms with E-state index in [1.165, 1.54) is 0 Å². The van der Waals surface area contributed by atoms with Crippen LogP contribution in [0.5, 0.6) is 0 Å². The molecule has 3 aromatic rings. The maximum atomic E-state index is 12.1. The van der Waals surface area contributed by atoms with Gasteiger partial charge in [0.25, 0.3) is 0 Å². The van der Waals surface area contributed by atoms with Crippen molar-refractivity contribution in [3.05, 3.63) is 66.0 Å². The van der Waals surface area contributed by atoms with Crippen molar-refractivity contribution in [1.29, 1.82) is 0 Å². The average molecular weight is 303 g/mol. The molecule has 0 saturated heterocycles. The Balaban J connectivity index is 1.82. The second kappa shape index (κ2) is 4.56. The molecule has 2 N–H and O–H groups in total. The Hall–Kier alpha value is -2.88. The summed E-state index contributed by atoms with van der Waals surface area (Å²) >= 11 is 0. The number of carbonyl (C=O) groups excluding carboxylic acids is 1. The number of carbonyl (C=O) groups is 1. The van der Waals surface area contributed by atoms with Crippen molar-refractivity contribution in [3.8, 4) is 0 Å². The minimum atomic E-state index is -0.529. The number of amides is 1. The van der Waals surface area contributed by atoms with Crippen LogP contribution < -0.4 is 5.32 Å². The number of nitrogens with zero attached hydrogens (tertiary/aromatic N) is 1. The lowest BCUT2D eigenvalue weighted by Crippen LogP contribution is -2.26. The zero-order chi connectivity index (χ0) is 16.2. The molecular formula is C19H17N3O. The predicted molar refractivity (Wildman–Crippen MR) is 92.3 cm³/mol. The Morgan fingerprint density at radius 1 is 1.17 bits per heavy atom. The van der Waals surface area contributed by atoms with E-state index in [4.69, 9.17) is 0 Å². The first kappa shape index (κ1) is 13.8. The molecule has 114 valence electrons. The molecule has 2 aromatic carbocycles. The van der Waals surface area contributed by atoms with Crippen LogP contribution in [0.1, 0.15) is 30.8 Å². The number of aromatic nitrogens is 2. The Labute approximate surface area is 134 Å². The Morgan fingerprint density at radius 3 is 2.65 bits per heavy atom. The van der Waals surface area contributed by atoms with Crippen LogP contribution >= 0.6 is 0 Å². The maximum Gasteiger partial charge on any atom is 0.234 e. The van der Waals surface area contributed by atoms with E-state index < -0.39 is 5.41 Å². The summed E-state index contributed by atoms with van der Waals surface area (Å²) in [7, 11) is 0. The van der Waals surface area contributed by atoms with Gasteiger partial charge in [-0.1, -0.05) is 36.9 Å². The summed E-state index contributed by atoms with van der Waals surface area (Å²) in [6.07, 6.45) is 0. The average Bonchev–Trinajstić information content (AvgIpc) is 3.05. The molecule has 2 heterocycles. The normalized spacial score (nSPS) is 15.5. The van der Waals surface area contributed by atoms with Gasteiger partial charge in [-0.3, -0.25) is 4.79 Å². The molecule has 0 fully saturated rings. The second-order valence-electron chi connectivity index (χ2n) is 6.42. The molecule has 0 unspecified atom stereocenters. The summed E-state index contributed by atoms with van der Waals surface area (Å²) < 4.78 is 0. The number of fused-ring (bicyclic) bond motifs is 2. The van der Waals surface area contributed by atoms with Gasteiger partial charge >= 0.3 is 0 Å². The van der Waals surface area contributed by atoms with Gasteiger partial charge in [-0.05, 0) is 37.1 Å². The SMILES string of the molecule is C=C(c1ccccc1)c1nc2cc3c(cc2[nH]1)NC(=O)C3(C)C. The van der Waals surface area contributed by atoms with Crippen LogP contribution in [-0.4, -0.2) is 15.9 Å². The van der Waals surface area contributed by atoms with Crippen molar-refractivity contribution < 1.29 is 4.79 Å². The van der Waals surface area contributed by atoms with E-state index in [1.54, 1.807) is 0 Å². The molecule has 0 atom stereocenters. The number of aromatic amines is 1. The molecule has 0 spiro atoms. The Morgan fingerprint density at radius 2 is 1.91 bits per heavy atom. The lowest BCUT2D eigenvalue weighted by atomic mass is 9.86. The van der Waals surface area contributed by atoms with E-state index in [0.29, 0.717) is 0 Å². The second-order valence-corrected chi connectivity index (χ2v) is 6.42. The number of hydrogen-bond donors (Lipinski definition) is 2. The van der Waals surface area contributed by atoms with E-state index in [1.807, 2.05) is 56.3 Å².